The number of fused-ring (bicyclic) bond motifs is 1. The number of halogens is 3. The molecule has 0 fully saturated rings. The van der Waals surface area contributed by atoms with Crippen LogP contribution >= 0.6 is 0 Å². The van der Waals surface area contributed by atoms with Crippen molar-refractivity contribution in [3.63, 3.8) is 0 Å². The van der Waals surface area contributed by atoms with Crippen LogP contribution in [-0.4, -0.2) is 17.9 Å². The molecule has 0 saturated carbocycles. The van der Waals surface area contributed by atoms with Gasteiger partial charge in [0.25, 0.3) is 5.91 Å². The van der Waals surface area contributed by atoms with Crippen molar-refractivity contribution in [2.75, 3.05) is 5.32 Å². The number of aromatic nitrogens is 1. The summed E-state index contributed by atoms with van der Waals surface area (Å²) in [5.41, 5.74) is 0.432. The third-order valence-electron chi connectivity index (χ3n) is 3.60. The largest absolute Gasteiger partial charge is 0.797 e. The molecule has 8 heteroatoms. The number of para-hydroxylation sites is 2. The Labute approximate surface area is 136 Å². The lowest BCUT2D eigenvalue weighted by molar-refractivity contribution is 0.102. The van der Waals surface area contributed by atoms with E-state index in [1.807, 2.05) is 0 Å². The quantitative estimate of drug-likeness (QED) is 0.737. The van der Waals surface area contributed by atoms with Gasteiger partial charge in [0.2, 0.25) is 0 Å². The molecular formula is C16H12BF3N2O2. The molecule has 24 heavy (non-hydrogen) atoms. The third-order valence-corrected chi connectivity index (χ3v) is 3.60. The standard InChI is InChI=1S/C16H12BF3N2O2/c1-22-13-9-5-2-6-10(13)14(16(22)24-17(19)20)15(23)21-12-8-4-3-7-11(12)18/h2-9H,1H3,(H,21,23). The first-order valence-corrected chi connectivity index (χ1v) is 7.07. The lowest BCUT2D eigenvalue weighted by Gasteiger charge is -2.09. The molecule has 0 atom stereocenters. The predicted octanol–water partition coefficient (Wildman–Crippen LogP) is 3.87. The van der Waals surface area contributed by atoms with Crippen LogP contribution in [0.3, 0.4) is 0 Å². The Morgan fingerprint density at radius 1 is 1.12 bits per heavy atom. The molecule has 0 aliphatic rings. The van der Waals surface area contributed by atoms with E-state index in [2.05, 4.69) is 9.97 Å². The number of rotatable bonds is 4. The Kier molecular flexibility index (Phi) is 4.20. The minimum absolute atomic E-state index is 0.0431. The van der Waals surface area contributed by atoms with Crippen LogP contribution in [0.2, 0.25) is 0 Å². The highest BCUT2D eigenvalue weighted by molar-refractivity contribution is 6.36. The third kappa shape index (κ3) is 2.82. The lowest BCUT2D eigenvalue weighted by atomic mass is 10.1. The fourth-order valence-corrected chi connectivity index (χ4v) is 2.56. The Balaban J connectivity index is 2.10. The zero-order chi connectivity index (χ0) is 17.3. The van der Waals surface area contributed by atoms with Gasteiger partial charge in [-0.05, 0) is 18.2 Å². The molecule has 4 nitrogen and oxygen atoms in total. The molecule has 1 aromatic heterocycles. The van der Waals surface area contributed by atoms with Gasteiger partial charge < -0.3 is 14.5 Å². The molecule has 0 radical (unpaired) electrons. The van der Waals surface area contributed by atoms with Crippen molar-refractivity contribution in [3.8, 4) is 5.88 Å². The maximum Gasteiger partial charge on any atom is 0.797 e. The maximum atomic E-state index is 13.7. The second kappa shape index (κ2) is 6.31. The van der Waals surface area contributed by atoms with Crippen LogP contribution in [0.15, 0.2) is 48.5 Å². The summed E-state index contributed by atoms with van der Waals surface area (Å²) < 4.78 is 45.1. The van der Waals surface area contributed by atoms with Crippen LogP contribution in [0.1, 0.15) is 10.4 Å². The average molecular weight is 332 g/mol. The Bertz CT molecular complexity index is 911. The summed E-state index contributed by atoms with van der Waals surface area (Å²) in [6, 6.07) is 12.3. The molecule has 3 rings (SSSR count). The highest BCUT2D eigenvalue weighted by Gasteiger charge is 2.28. The molecule has 0 unspecified atom stereocenters. The SMILES string of the molecule is Cn1c(OB(F)F)c(C(=O)Nc2ccccc2F)c2ccccc21. The van der Waals surface area contributed by atoms with E-state index in [0.29, 0.717) is 10.9 Å². The van der Waals surface area contributed by atoms with E-state index in [9.17, 15) is 17.8 Å². The molecule has 0 aliphatic heterocycles. The number of amides is 1. The number of aryl methyl sites for hydroxylation is 1. The summed E-state index contributed by atoms with van der Waals surface area (Å²) >= 11 is 0. The summed E-state index contributed by atoms with van der Waals surface area (Å²) in [5.74, 6) is -1.63. The van der Waals surface area contributed by atoms with Gasteiger partial charge in [-0.25, -0.2) is 13.0 Å². The summed E-state index contributed by atoms with van der Waals surface area (Å²) in [7, 11) is -1.58. The van der Waals surface area contributed by atoms with E-state index in [0.717, 1.165) is 0 Å². The fraction of sp³-hybridized carbons (Fsp3) is 0.0625. The number of hydrogen-bond acceptors (Lipinski definition) is 2. The van der Waals surface area contributed by atoms with E-state index in [4.69, 9.17) is 0 Å². The van der Waals surface area contributed by atoms with Gasteiger partial charge in [-0.1, -0.05) is 30.3 Å². The Hall–Kier alpha value is -2.90. The summed E-state index contributed by atoms with van der Waals surface area (Å²) in [6.45, 7) is 0. The van der Waals surface area contributed by atoms with Gasteiger partial charge in [0.15, 0.2) is 5.88 Å². The molecule has 2 aromatic carbocycles. The van der Waals surface area contributed by atoms with E-state index in [1.165, 1.54) is 29.8 Å². The number of nitrogens with zero attached hydrogens (tertiary/aromatic N) is 1. The molecule has 1 N–H and O–H groups in total. The highest BCUT2D eigenvalue weighted by Crippen LogP contribution is 2.32. The number of anilines is 1. The highest BCUT2D eigenvalue weighted by atomic mass is 19.2. The lowest BCUT2D eigenvalue weighted by Crippen LogP contribution is -2.17. The Morgan fingerprint density at radius 3 is 2.50 bits per heavy atom. The van der Waals surface area contributed by atoms with E-state index < -0.39 is 19.2 Å². The number of carbonyl (C=O) groups excluding carboxylic acids is 1. The maximum absolute atomic E-state index is 13.7. The number of benzene rings is 2. The van der Waals surface area contributed by atoms with Gasteiger partial charge in [0.05, 0.1) is 11.2 Å². The fourth-order valence-electron chi connectivity index (χ4n) is 2.56. The monoisotopic (exact) mass is 332 g/mol. The number of nitrogens with one attached hydrogen (secondary N) is 1. The van der Waals surface area contributed by atoms with Crippen LogP contribution < -0.4 is 9.97 Å². The zero-order valence-electron chi connectivity index (χ0n) is 12.6. The van der Waals surface area contributed by atoms with Crippen LogP contribution in [0.4, 0.5) is 18.7 Å². The first-order chi connectivity index (χ1) is 11.5. The number of carbonyl (C=O) groups is 1. The van der Waals surface area contributed by atoms with Crippen LogP contribution in [0.5, 0.6) is 5.88 Å². The molecular weight excluding hydrogens is 320 g/mol. The van der Waals surface area contributed by atoms with Gasteiger partial charge in [-0.3, -0.25) is 4.79 Å². The van der Waals surface area contributed by atoms with Crippen LogP contribution in [-0.2, 0) is 7.05 Å². The van der Waals surface area contributed by atoms with Gasteiger partial charge in [0.1, 0.15) is 11.4 Å². The molecule has 0 aliphatic carbocycles. The number of hydrogen-bond donors (Lipinski definition) is 1. The summed E-state index contributed by atoms with van der Waals surface area (Å²) in [5, 5.41) is 2.83. The van der Waals surface area contributed by atoms with Crippen LogP contribution in [0.25, 0.3) is 10.9 Å². The van der Waals surface area contributed by atoms with E-state index >= 15 is 0 Å². The van der Waals surface area contributed by atoms with Crippen molar-refractivity contribution in [2.24, 2.45) is 7.05 Å². The van der Waals surface area contributed by atoms with Crippen molar-refractivity contribution in [1.82, 2.24) is 4.57 Å². The van der Waals surface area contributed by atoms with Gasteiger partial charge in [-0.15, -0.1) is 0 Å². The molecule has 1 amide bonds. The normalized spacial score (nSPS) is 10.7. The smallest absolute Gasteiger partial charge is 0.491 e. The molecule has 0 spiro atoms. The minimum Gasteiger partial charge on any atom is -0.491 e. The molecule has 122 valence electrons. The van der Waals surface area contributed by atoms with Gasteiger partial charge in [-0.2, -0.15) is 0 Å². The van der Waals surface area contributed by atoms with Crippen molar-refractivity contribution in [1.29, 1.82) is 0 Å². The van der Waals surface area contributed by atoms with Crippen molar-refractivity contribution >= 4 is 30.0 Å². The van der Waals surface area contributed by atoms with E-state index in [-0.39, 0.29) is 17.1 Å². The minimum atomic E-state index is -3.09. The molecule has 0 bridgehead atoms. The molecule has 3 aromatic rings. The summed E-state index contributed by atoms with van der Waals surface area (Å²) in [6.07, 6.45) is 0. The van der Waals surface area contributed by atoms with Crippen molar-refractivity contribution in [2.45, 2.75) is 0 Å². The topological polar surface area (TPSA) is 43.3 Å². The Morgan fingerprint density at radius 2 is 1.79 bits per heavy atom. The first kappa shape index (κ1) is 16.0. The molecule has 1 heterocycles. The van der Waals surface area contributed by atoms with Crippen molar-refractivity contribution in [3.05, 3.63) is 59.9 Å². The van der Waals surface area contributed by atoms with Crippen LogP contribution in [0, 0.1) is 5.82 Å². The summed E-state index contributed by atoms with van der Waals surface area (Å²) in [4.78, 5) is 12.6. The van der Waals surface area contributed by atoms with Gasteiger partial charge in [0, 0.05) is 12.4 Å². The molecule has 0 saturated heterocycles. The second-order valence-electron chi connectivity index (χ2n) is 5.07. The second-order valence-corrected chi connectivity index (χ2v) is 5.07. The predicted molar refractivity (Wildman–Crippen MR) is 85.9 cm³/mol. The average Bonchev–Trinajstić information content (AvgIpc) is 2.82. The van der Waals surface area contributed by atoms with Gasteiger partial charge >= 0.3 is 7.47 Å². The zero-order valence-corrected chi connectivity index (χ0v) is 12.6. The van der Waals surface area contributed by atoms with Crippen molar-refractivity contribution < 1.29 is 22.5 Å². The van der Waals surface area contributed by atoms with E-state index in [1.54, 1.807) is 30.3 Å². The first-order valence-electron chi connectivity index (χ1n) is 7.07.